The zero-order chi connectivity index (χ0) is 20.2. The van der Waals surface area contributed by atoms with Gasteiger partial charge in [0.1, 0.15) is 17.4 Å². The average molecular weight is 395 g/mol. The van der Waals surface area contributed by atoms with E-state index in [2.05, 4.69) is 25.8 Å². The van der Waals surface area contributed by atoms with Crippen LogP contribution >= 0.6 is 0 Å². The predicted octanol–water partition coefficient (Wildman–Crippen LogP) is 2.44. The highest BCUT2D eigenvalue weighted by molar-refractivity contribution is 5.94. The van der Waals surface area contributed by atoms with Crippen LogP contribution in [0, 0.1) is 5.82 Å². The number of aromatic nitrogens is 3. The minimum atomic E-state index is -0.418. The number of H-pyrrole nitrogens is 1. The van der Waals surface area contributed by atoms with Crippen molar-refractivity contribution in [2.24, 2.45) is 0 Å². The van der Waals surface area contributed by atoms with Crippen molar-refractivity contribution in [3.05, 3.63) is 65.2 Å². The number of carbonyl (C=O) groups is 2. The van der Waals surface area contributed by atoms with E-state index in [1.165, 1.54) is 12.1 Å². The molecule has 0 saturated carbocycles. The van der Waals surface area contributed by atoms with Crippen LogP contribution in [0.15, 0.2) is 42.5 Å². The number of aryl methyl sites for hydroxylation is 1. The molecular formula is C20H18FN5O3. The number of aromatic amines is 1. The van der Waals surface area contributed by atoms with Gasteiger partial charge in [0.25, 0.3) is 5.91 Å². The molecule has 0 radical (unpaired) electrons. The zero-order valence-corrected chi connectivity index (χ0v) is 15.4. The number of halogens is 1. The molecule has 1 aliphatic heterocycles. The third kappa shape index (κ3) is 4.75. The fraction of sp³-hybridized carbons (Fsp3) is 0.200. The largest absolute Gasteiger partial charge is 0.484 e. The highest BCUT2D eigenvalue weighted by atomic mass is 19.1. The number of amides is 2. The third-order valence-corrected chi connectivity index (χ3v) is 4.41. The maximum Gasteiger partial charge on any atom is 0.264 e. The first kappa shape index (κ1) is 18.6. The number of hydrogen-bond acceptors (Lipinski definition) is 5. The number of hydrogen-bond donors (Lipinski definition) is 3. The van der Waals surface area contributed by atoms with Crippen molar-refractivity contribution in [2.45, 2.75) is 19.3 Å². The van der Waals surface area contributed by atoms with E-state index in [1.807, 2.05) is 6.07 Å². The summed E-state index contributed by atoms with van der Waals surface area (Å²) in [5, 5.41) is 12.0. The lowest BCUT2D eigenvalue weighted by Crippen LogP contribution is -2.21. The summed E-state index contributed by atoms with van der Waals surface area (Å²) in [7, 11) is 0. The van der Waals surface area contributed by atoms with Crippen LogP contribution in [-0.4, -0.2) is 33.6 Å². The van der Waals surface area contributed by atoms with Gasteiger partial charge in [0.15, 0.2) is 6.61 Å². The van der Waals surface area contributed by atoms with Crippen LogP contribution in [0.25, 0.3) is 0 Å². The van der Waals surface area contributed by atoms with E-state index < -0.39 is 5.91 Å². The van der Waals surface area contributed by atoms with E-state index >= 15 is 0 Å². The number of nitrogens with zero attached hydrogens (tertiary/aromatic N) is 2. The molecule has 0 saturated heterocycles. The van der Waals surface area contributed by atoms with Gasteiger partial charge in [0.05, 0.1) is 0 Å². The Balaban J connectivity index is 1.30. The molecule has 29 heavy (non-hydrogen) atoms. The quantitative estimate of drug-likeness (QED) is 0.594. The Morgan fingerprint density at radius 3 is 2.83 bits per heavy atom. The molecule has 0 spiro atoms. The van der Waals surface area contributed by atoms with Crippen LogP contribution in [0.3, 0.4) is 0 Å². The third-order valence-electron chi connectivity index (χ3n) is 4.41. The molecule has 3 aromatic rings. The molecule has 9 heteroatoms. The van der Waals surface area contributed by atoms with Gasteiger partial charge in [-0.15, -0.1) is 5.10 Å². The van der Waals surface area contributed by atoms with Gasteiger partial charge in [-0.1, -0.05) is 18.2 Å². The minimum absolute atomic E-state index is 0.0339. The summed E-state index contributed by atoms with van der Waals surface area (Å²) < 4.78 is 18.4. The number of benzene rings is 2. The number of fused-ring (bicyclic) bond motifs is 1. The summed E-state index contributed by atoms with van der Waals surface area (Å²) in [6, 6.07) is 11.4. The average Bonchev–Trinajstić information content (AvgIpc) is 3.14. The Morgan fingerprint density at radius 1 is 1.17 bits per heavy atom. The second-order valence-electron chi connectivity index (χ2n) is 6.61. The van der Waals surface area contributed by atoms with Crippen molar-refractivity contribution in [1.29, 1.82) is 0 Å². The summed E-state index contributed by atoms with van der Waals surface area (Å²) in [5.74, 6) is 0.396. The van der Waals surface area contributed by atoms with Gasteiger partial charge in [-0.2, -0.15) is 4.98 Å². The Kier molecular flexibility index (Phi) is 5.19. The number of ether oxygens (including phenoxy) is 1. The molecule has 0 aliphatic carbocycles. The van der Waals surface area contributed by atoms with Gasteiger partial charge in [0.2, 0.25) is 11.9 Å². The van der Waals surface area contributed by atoms with Crippen molar-refractivity contribution >= 4 is 23.5 Å². The maximum atomic E-state index is 13.0. The molecule has 0 atom stereocenters. The van der Waals surface area contributed by atoms with E-state index in [4.69, 9.17) is 4.74 Å². The monoisotopic (exact) mass is 395 g/mol. The Hall–Kier alpha value is -3.75. The van der Waals surface area contributed by atoms with Crippen LogP contribution in [-0.2, 0) is 22.4 Å². The molecular weight excluding hydrogens is 377 g/mol. The highest BCUT2D eigenvalue weighted by Gasteiger charge is 2.15. The molecule has 0 unspecified atom stereocenters. The smallest absolute Gasteiger partial charge is 0.264 e. The van der Waals surface area contributed by atoms with Crippen LogP contribution in [0.1, 0.15) is 23.4 Å². The minimum Gasteiger partial charge on any atom is -0.484 e. The molecule has 1 aliphatic rings. The van der Waals surface area contributed by atoms with Crippen molar-refractivity contribution in [3.63, 3.8) is 0 Å². The number of carbonyl (C=O) groups excluding carboxylic acids is 2. The van der Waals surface area contributed by atoms with Crippen LogP contribution in [0.2, 0.25) is 0 Å². The zero-order valence-electron chi connectivity index (χ0n) is 15.4. The van der Waals surface area contributed by atoms with Crippen molar-refractivity contribution in [2.75, 3.05) is 17.2 Å². The molecule has 0 bridgehead atoms. The van der Waals surface area contributed by atoms with Crippen molar-refractivity contribution in [1.82, 2.24) is 15.2 Å². The second kappa shape index (κ2) is 8.09. The Labute approximate surface area is 165 Å². The summed E-state index contributed by atoms with van der Waals surface area (Å²) in [6.45, 7) is -0.228. The summed E-state index contributed by atoms with van der Waals surface area (Å²) >= 11 is 0. The molecule has 1 aromatic heterocycles. The van der Waals surface area contributed by atoms with Crippen LogP contribution in [0.4, 0.5) is 16.0 Å². The van der Waals surface area contributed by atoms with E-state index in [0.717, 1.165) is 11.1 Å². The normalized spacial score (nSPS) is 12.8. The Bertz CT molecular complexity index is 1050. The molecule has 4 rings (SSSR count). The van der Waals surface area contributed by atoms with Gasteiger partial charge in [-0.25, -0.2) is 4.39 Å². The number of rotatable bonds is 6. The fourth-order valence-electron chi connectivity index (χ4n) is 2.98. The molecule has 0 fully saturated rings. The molecule has 8 nitrogen and oxygen atoms in total. The first-order valence-corrected chi connectivity index (χ1v) is 9.06. The first-order valence-electron chi connectivity index (χ1n) is 9.06. The lowest BCUT2D eigenvalue weighted by molar-refractivity contribution is -0.118. The van der Waals surface area contributed by atoms with E-state index in [-0.39, 0.29) is 24.3 Å². The van der Waals surface area contributed by atoms with Gasteiger partial charge >= 0.3 is 0 Å². The number of anilines is 2. The van der Waals surface area contributed by atoms with Crippen molar-refractivity contribution in [3.8, 4) is 5.75 Å². The lowest BCUT2D eigenvalue weighted by atomic mass is 10.0. The molecule has 2 amide bonds. The summed E-state index contributed by atoms with van der Waals surface area (Å²) in [4.78, 5) is 27.8. The standard InChI is InChI=1S/C20H18FN5O3/c21-14-5-1-12(2-6-14)9-17-23-20(26-25-17)24-19(28)11-29-15-7-3-13-4-8-18(27)22-16(13)10-15/h1-3,5-7,10H,4,8-9,11H2,(H,22,27)(H2,23,24,25,26,28). The van der Waals surface area contributed by atoms with Gasteiger partial charge in [-0.05, 0) is 35.7 Å². The maximum absolute atomic E-state index is 13.0. The first-order chi connectivity index (χ1) is 14.0. The number of nitrogens with one attached hydrogen (secondary N) is 3. The van der Waals surface area contributed by atoms with Gasteiger partial charge < -0.3 is 10.1 Å². The van der Waals surface area contributed by atoms with Gasteiger partial charge in [-0.3, -0.25) is 20.0 Å². The second-order valence-corrected chi connectivity index (χ2v) is 6.61. The highest BCUT2D eigenvalue weighted by Crippen LogP contribution is 2.27. The molecule has 3 N–H and O–H groups in total. The molecule has 2 aromatic carbocycles. The van der Waals surface area contributed by atoms with E-state index in [1.54, 1.807) is 24.3 Å². The lowest BCUT2D eigenvalue weighted by Gasteiger charge is -2.17. The predicted molar refractivity (Wildman–Crippen MR) is 103 cm³/mol. The topological polar surface area (TPSA) is 109 Å². The van der Waals surface area contributed by atoms with E-state index in [9.17, 15) is 14.0 Å². The van der Waals surface area contributed by atoms with Crippen LogP contribution < -0.4 is 15.4 Å². The molecule has 2 heterocycles. The summed E-state index contributed by atoms with van der Waals surface area (Å²) in [5.41, 5.74) is 2.61. The summed E-state index contributed by atoms with van der Waals surface area (Å²) in [6.07, 6.45) is 1.59. The Morgan fingerprint density at radius 2 is 2.00 bits per heavy atom. The SMILES string of the molecule is O=C(COc1ccc2c(c1)NC(=O)CC2)Nc1n[nH]c(Cc2ccc(F)cc2)n1. The van der Waals surface area contributed by atoms with Crippen molar-refractivity contribution < 1.29 is 18.7 Å². The van der Waals surface area contributed by atoms with E-state index in [0.29, 0.717) is 36.5 Å². The fourth-order valence-corrected chi connectivity index (χ4v) is 2.98. The molecule has 148 valence electrons. The van der Waals surface area contributed by atoms with Gasteiger partial charge in [0, 0.05) is 24.6 Å². The van der Waals surface area contributed by atoms with Crippen LogP contribution in [0.5, 0.6) is 5.75 Å².